The highest BCUT2D eigenvalue weighted by Crippen LogP contribution is 2.29. The van der Waals surface area contributed by atoms with E-state index in [-0.39, 0.29) is 12.1 Å². The van der Waals surface area contributed by atoms with Gasteiger partial charge in [0, 0.05) is 30.9 Å². The van der Waals surface area contributed by atoms with E-state index in [2.05, 4.69) is 10.2 Å². The van der Waals surface area contributed by atoms with Crippen LogP contribution in [0.2, 0.25) is 0 Å². The first-order valence-electron chi connectivity index (χ1n) is 8.96. The Kier molecular flexibility index (Phi) is 7.87. The fourth-order valence-corrected chi connectivity index (χ4v) is 2.65. The predicted octanol–water partition coefficient (Wildman–Crippen LogP) is 3.80. The van der Waals surface area contributed by atoms with E-state index in [1.54, 1.807) is 7.11 Å². The van der Waals surface area contributed by atoms with Crippen LogP contribution in [0.5, 0.6) is 5.75 Å². The standard InChI is InChI=1S/C17H27N3O3.C2H6/c1-17(2,3)23-16(21)19-12-7-9-20(10-8-12)13-5-6-14(18)15(11-13)22-4;1-2/h5-6,11-12H,7-10,18H2,1-4H3,(H,19,21);1-2H3. The number of alkyl carbamates (subject to hydrolysis) is 1. The molecule has 1 fully saturated rings. The van der Waals surface area contributed by atoms with Gasteiger partial charge in [-0.05, 0) is 45.7 Å². The lowest BCUT2D eigenvalue weighted by Gasteiger charge is -2.34. The predicted molar refractivity (Wildman–Crippen MR) is 103 cm³/mol. The SMILES string of the molecule is CC.COc1cc(N2CCC(NC(=O)OC(C)(C)C)CC2)ccc1N. The summed E-state index contributed by atoms with van der Waals surface area (Å²) in [4.78, 5) is 14.1. The Morgan fingerprint density at radius 1 is 1.24 bits per heavy atom. The Bertz CT molecular complexity index is 547. The van der Waals surface area contributed by atoms with Gasteiger partial charge in [-0.15, -0.1) is 0 Å². The minimum Gasteiger partial charge on any atom is -0.495 e. The van der Waals surface area contributed by atoms with E-state index in [0.29, 0.717) is 11.4 Å². The van der Waals surface area contributed by atoms with Crippen molar-refractivity contribution in [1.29, 1.82) is 0 Å². The Labute approximate surface area is 151 Å². The van der Waals surface area contributed by atoms with Gasteiger partial charge in [-0.1, -0.05) is 13.8 Å². The van der Waals surface area contributed by atoms with Gasteiger partial charge in [0.2, 0.25) is 0 Å². The highest BCUT2D eigenvalue weighted by molar-refractivity contribution is 5.68. The Hall–Kier alpha value is -2.11. The van der Waals surface area contributed by atoms with Crippen LogP contribution in [0.15, 0.2) is 18.2 Å². The lowest BCUT2D eigenvalue weighted by molar-refractivity contribution is 0.0497. The zero-order chi connectivity index (χ0) is 19.0. The van der Waals surface area contributed by atoms with Crippen LogP contribution in [-0.4, -0.2) is 37.9 Å². The third kappa shape index (κ3) is 6.72. The lowest BCUT2D eigenvalue weighted by Crippen LogP contribution is -2.46. The maximum absolute atomic E-state index is 11.8. The molecule has 0 unspecified atom stereocenters. The first-order chi connectivity index (χ1) is 11.8. The second kappa shape index (κ2) is 9.39. The van der Waals surface area contributed by atoms with Crippen molar-refractivity contribution in [2.45, 2.75) is 59.1 Å². The number of ether oxygens (including phenoxy) is 2. The molecule has 0 aromatic heterocycles. The van der Waals surface area contributed by atoms with Crippen LogP contribution < -0.4 is 20.7 Å². The van der Waals surface area contributed by atoms with Gasteiger partial charge in [0.15, 0.2) is 0 Å². The van der Waals surface area contributed by atoms with Crippen molar-refractivity contribution in [3.8, 4) is 5.75 Å². The number of nitrogen functional groups attached to an aromatic ring is 1. The number of hydrogen-bond acceptors (Lipinski definition) is 5. The first-order valence-corrected chi connectivity index (χ1v) is 8.96. The van der Waals surface area contributed by atoms with E-state index in [1.165, 1.54) is 0 Å². The number of rotatable bonds is 3. The highest BCUT2D eigenvalue weighted by Gasteiger charge is 2.24. The Morgan fingerprint density at radius 3 is 2.36 bits per heavy atom. The van der Waals surface area contributed by atoms with E-state index in [9.17, 15) is 4.79 Å². The van der Waals surface area contributed by atoms with Crippen molar-refractivity contribution in [2.75, 3.05) is 30.8 Å². The van der Waals surface area contributed by atoms with E-state index < -0.39 is 5.60 Å². The van der Waals surface area contributed by atoms with E-state index in [4.69, 9.17) is 15.2 Å². The third-order valence-corrected chi connectivity index (χ3v) is 3.80. The lowest BCUT2D eigenvalue weighted by atomic mass is 10.0. The molecule has 1 amide bonds. The molecular weight excluding hydrogens is 318 g/mol. The molecule has 2 rings (SSSR count). The quantitative estimate of drug-likeness (QED) is 0.810. The van der Waals surface area contributed by atoms with E-state index in [0.717, 1.165) is 31.6 Å². The molecule has 1 aliphatic heterocycles. The van der Waals surface area contributed by atoms with Gasteiger partial charge in [-0.25, -0.2) is 4.79 Å². The summed E-state index contributed by atoms with van der Waals surface area (Å²) in [6.07, 6.45) is 1.42. The van der Waals surface area contributed by atoms with Gasteiger partial charge >= 0.3 is 6.09 Å². The summed E-state index contributed by atoms with van der Waals surface area (Å²) in [7, 11) is 1.62. The van der Waals surface area contributed by atoms with Gasteiger partial charge in [0.1, 0.15) is 11.4 Å². The van der Waals surface area contributed by atoms with Crippen LogP contribution in [0, 0.1) is 0 Å². The van der Waals surface area contributed by atoms with Crippen LogP contribution in [-0.2, 0) is 4.74 Å². The molecule has 1 aromatic rings. The second-order valence-corrected chi connectivity index (χ2v) is 6.83. The molecule has 25 heavy (non-hydrogen) atoms. The van der Waals surface area contributed by atoms with E-state index in [1.807, 2.05) is 52.8 Å². The zero-order valence-electron chi connectivity index (χ0n) is 16.4. The number of anilines is 2. The summed E-state index contributed by atoms with van der Waals surface area (Å²) in [5.41, 5.74) is 7.11. The third-order valence-electron chi connectivity index (χ3n) is 3.80. The number of nitrogens with zero attached hydrogens (tertiary/aromatic N) is 1. The smallest absolute Gasteiger partial charge is 0.407 e. The number of hydrogen-bond donors (Lipinski definition) is 2. The second-order valence-electron chi connectivity index (χ2n) is 6.83. The molecule has 1 heterocycles. The molecule has 0 aliphatic carbocycles. The van der Waals surface area contributed by atoms with Gasteiger partial charge in [-0.3, -0.25) is 0 Å². The summed E-state index contributed by atoms with van der Waals surface area (Å²) in [6.45, 7) is 11.3. The van der Waals surface area contributed by atoms with Crippen molar-refractivity contribution >= 4 is 17.5 Å². The van der Waals surface area contributed by atoms with Gasteiger partial charge in [-0.2, -0.15) is 0 Å². The van der Waals surface area contributed by atoms with Gasteiger partial charge in [0.05, 0.1) is 12.8 Å². The average Bonchev–Trinajstić information content (AvgIpc) is 2.56. The Morgan fingerprint density at radius 2 is 1.84 bits per heavy atom. The molecule has 0 atom stereocenters. The highest BCUT2D eigenvalue weighted by atomic mass is 16.6. The monoisotopic (exact) mass is 351 g/mol. The van der Waals surface area contributed by atoms with Crippen molar-refractivity contribution in [3.05, 3.63) is 18.2 Å². The summed E-state index contributed by atoms with van der Waals surface area (Å²) < 4.78 is 10.6. The van der Waals surface area contributed by atoms with Crippen LogP contribution in [0.1, 0.15) is 47.5 Å². The summed E-state index contributed by atoms with van der Waals surface area (Å²) >= 11 is 0. The molecule has 1 aliphatic rings. The number of nitrogens with one attached hydrogen (secondary N) is 1. The molecule has 0 bridgehead atoms. The average molecular weight is 351 g/mol. The normalized spacial score (nSPS) is 15.0. The van der Waals surface area contributed by atoms with Gasteiger partial charge in [0.25, 0.3) is 0 Å². The Balaban J connectivity index is 0.00000151. The number of piperidine rings is 1. The number of nitrogens with two attached hydrogens (primary N) is 1. The molecule has 0 radical (unpaired) electrons. The first kappa shape index (κ1) is 20.9. The van der Waals surface area contributed by atoms with Crippen LogP contribution >= 0.6 is 0 Å². The van der Waals surface area contributed by atoms with E-state index >= 15 is 0 Å². The van der Waals surface area contributed by atoms with Crippen molar-refractivity contribution in [3.63, 3.8) is 0 Å². The fourth-order valence-electron chi connectivity index (χ4n) is 2.65. The maximum atomic E-state index is 11.8. The number of benzene rings is 1. The number of carbonyl (C=O) groups is 1. The maximum Gasteiger partial charge on any atom is 0.407 e. The molecule has 1 aromatic carbocycles. The topological polar surface area (TPSA) is 76.8 Å². The molecule has 1 saturated heterocycles. The van der Waals surface area contributed by atoms with Crippen molar-refractivity contribution < 1.29 is 14.3 Å². The van der Waals surface area contributed by atoms with Crippen LogP contribution in [0.3, 0.4) is 0 Å². The minimum atomic E-state index is -0.467. The van der Waals surface area contributed by atoms with Crippen molar-refractivity contribution in [1.82, 2.24) is 5.32 Å². The number of methoxy groups -OCH3 is 1. The van der Waals surface area contributed by atoms with Crippen LogP contribution in [0.25, 0.3) is 0 Å². The summed E-state index contributed by atoms with van der Waals surface area (Å²) in [5, 5.41) is 2.95. The minimum absolute atomic E-state index is 0.150. The summed E-state index contributed by atoms with van der Waals surface area (Å²) in [6, 6.07) is 5.96. The molecule has 3 N–H and O–H groups in total. The largest absolute Gasteiger partial charge is 0.495 e. The fraction of sp³-hybridized carbons (Fsp3) is 0.632. The molecular formula is C19H33N3O3. The summed E-state index contributed by atoms with van der Waals surface area (Å²) in [5.74, 6) is 0.691. The zero-order valence-corrected chi connectivity index (χ0v) is 16.4. The van der Waals surface area contributed by atoms with Gasteiger partial charge < -0.3 is 25.4 Å². The number of carbonyl (C=O) groups excluding carboxylic acids is 1. The number of amides is 1. The molecule has 0 spiro atoms. The molecule has 6 heteroatoms. The van der Waals surface area contributed by atoms with Crippen molar-refractivity contribution in [2.24, 2.45) is 0 Å². The molecule has 6 nitrogen and oxygen atoms in total. The molecule has 0 saturated carbocycles. The molecule has 142 valence electrons. The van der Waals surface area contributed by atoms with Crippen LogP contribution in [0.4, 0.5) is 16.2 Å².